The Morgan fingerprint density at radius 1 is 1.17 bits per heavy atom. The average Bonchev–Trinajstić information content (AvgIpc) is 2.69. The molecule has 30 heavy (non-hydrogen) atoms. The third-order valence-electron chi connectivity index (χ3n) is 4.85. The molecule has 1 aliphatic heterocycles. The standard InChI is InChI=1S/C21H18ClF4N3O/c1-28-19(12-5-7-13(23)8-6-12)14-9-10-29(11-17(14)27)20(30)15-3-2-4-16(18(15)22)21(24,25)26/h2-8,27-28H,9-11H2,1H3/b19-14-,27-17?. The van der Waals surface area contributed by atoms with Gasteiger partial charge in [-0.05, 0) is 48.4 Å². The number of rotatable bonds is 3. The Kier molecular flexibility index (Phi) is 6.17. The van der Waals surface area contributed by atoms with E-state index >= 15 is 0 Å². The Bertz CT molecular complexity index is 1020. The predicted octanol–water partition coefficient (Wildman–Crippen LogP) is 4.99. The van der Waals surface area contributed by atoms with E-state index in [4.69, 9.17) is 17.0 Å². The molecule has 1 aliphatic rings. The second-order valence-electron chi connectivity index (χ2n) is 6.73. The van der Waals surface area contributed by atoms with Gasteiger partial charge in [0.05, 0.1) is 28.4 Å². The molecule has 0 bridgehead atoms. The van der Waals surface area contributed by atoms with Crippen molar-refractivity contribution in [1.82, 2.24) is 10.2 Å². The first-order valence-electron chi connectivity index (χ1n) is 9.03. The maximum absolute atomic E-state index is 13.2. The molecule has 2 N–H and O–H groups in total. The van der Waals surface area contributed by atoms with Crippen molar-refractivity contribution < 1.29 is 22.4 Å². The Hall–Kier alpha value is -2.87. The maximum atomic E-state index is 13.2. The zero-order valence-electron chi connectivity index (χ0n) is 15.9. The van der Waals surface area contributed by atoms with Gasteiger partial charge in [-0.2, -0.15) is 13.2 Å². The summed E-state index contributed by atoms with van der Waals surface area (Å²) in [5.74, 6) is -1.05. The highest BCUT2D eigenvalue weighted by Crippen LogP contribution is 2.37. The van der Waals surface area contributed by atoms with Crippen molar-refractivity contribution >= 4 is 28.9 Å². The van der Waals surface area contributed by atoms with Crippen LogP contribution >= 0.6 is 11.6 Å². The number of likely N-dealkylation sites (tertiary alicyclic amines) is 1. The molecule has 1 fully saturated rings. The van der Waals surface area contributed by atoms with Crippen LogP contribution < -0.4 is 5.32 Å². The number of carbonyl (C=O) groups is 1. The summed E-state index contributed by atoms with van der Waals surface area (Å²) in [4.78, 5) is 14.1. The van der Waals surface area contributed by atoms with Gasteiger partial charge in [0.15, 0.2) is 0 Å². The van der Waals surface area contributed by atoms with E-state index in [-0.39, 0.29) is 30.2 Å². The molecule has 2 aromatic carbocycles. The van der Waals surface area contributed by atoms with Gasteiger partial charge < -0.3 is 15.6 Å². The van der Waals surface area contributed by atoms with Crippen LogP contribution in [-0.2, 0) is 6.18 Å². The number of nitrogens with zero attached hydrogens (tertiary/aromatic N) is 1. The molecule has 4 nitrogen and oxygen atoms in total. The Morgan fingerprint density at radius 2 is 1.83 bits per heavy atom. The van der Waals surface area contributed by atoms with Crippen molar-refractivity contribution in [3.8, 4) is 0 Å². The summed E-state index contributed by atoms with van der Waals surface area (Å²) in [6.07, 6.45) is -4.36. The highest BCUT2D eigenvalue weighted by molar-refractivity contribution is 6.34. The number of benzene rings is 2. The van der Waals surface area contributed by atoms with Gasteiger partial charge in [0.2, 0.25) is 0 Å². The van der Waals surface area contributed by atoms with Gasteiger partial charge in [-0.3, -0.25) is 4.79 Å². The molecule has 0 aromatic heterocycles. The van der Waals surface area contributed by atoms with Crippen LogP contribution in [0, 0.1) is 11.2 Å². The van der Waals surface area contributed by atoms with Crippen LogP contribution in [0.15, 0.2) is 48.0 Å². The van der Waals surface area contributed by atoms with E-state index in [1.165, 1.54) is 23.1 Å². The first-order valence-corrected chi connectivity index (χ1v) is 9.41. The fraction of sp³-hybridized carbons (Fsp3) is 0.238. The number of alkyl halides is 3. The normalized spacial score (nSPS) is 16.5. The molecule has 0 atom stereocenters. The van der Waals surface area contributed by atoms with Crippen LogP contribution in [0.5, 0.6) is 0 Å². The lowest BCUT2D eigenvalue weighted by Gasteiger charge is -2.31. The average molecular weight is 440 g/mol. The smallest absolute Gasteiger partial charge is 0.387 e. The van der Waals surface area contributed by atoms with Crippen molar-refractivity contribution in [2.24, 2.45) is 0 Å². The Balaban J connectivity index is 1.86. The van der Waals surface area contributed by atoms with Crippen LogP contribution in [0.1, 0.15) is 27.9 Å². The number of carbonyl (C=O) groups excluding carboxylic acids is 1. The SMILES string of the molecule is CN/C(=C1/CCN(C(=O)c2cccc(C(F)(F)F)c2Cl)CC1=N)c1ccc(F)cc1. The lowest BCUT2D eigenvalue weighted by molar-refractivity contribution is -0.137. The first-order chi connectivity index (χ1) is 14.1. The Labute approximate surface area is 175 Å². The van der Waals surface area contributed by atoms with E-state index < -0.39 is 22.7 Å². The number of hydrogen-bond donors (Lipinski definition) is 2. The van der Waals surface area contributed by atoms with E-state index in [1.807, 2.05) is 0 Å². The molecule has 1 amide bonds. The van der Waals surface area contributed by atoms with Crippen LogP contribution in [0.3, 0.4) is 0 Å². The van der Waals surface area contributed by atoms with Gasteiger partial charge in [-0.25, -0.2) is 4.39 Å². The number of piperidine rings is 1. The lowest BCUT2D eigenvalue weighted by Crippen LogP contribution is -2.42. The molecule has 3 rings (SSSR count). The third-order valence-corrected chi connectivity index (χ3v) is 5.26. The summed E-state index contributed by atoms with van der Waals surface area (Å²) >= 11 is 5.87. The van der Waals surface area contributed by atoms with E-state index in [1.54, 1.807) is 19.2 Å². The van der Waals surface area contributed by atoms with Crippen molar-refractivity contribution in [3.05, 3.63) is 75.6 Å². The second kappa shape index (κ2) is 8.47. The van der Waals surface area contributed by atoms with E-state index in [0.717, 1.165) is 12.1 Å². The number of amides is 1. The molecule has 0 radical (unpaired) electrons. The van der Waals surface area contributed by atoms with Gasteiger partial charge in [-0.1, -0.05) is 17.7 Å². The minimum atomic E-state index is -4.67. The summed E-state index contributed by atoms with van der Waals surface area (Å²) in [5.41, 5.74) is 0.814. The second-order valence-corrected chi connectivity index (χ2v) is 7.11. The summed E-state index contributed by atoms with van der Waals surface area (Å²) in [5, 5.41) is 10.7. The largest absolute Gasteiger partial charge is 0.417 e. The van der Waals surface area contributed by atoms with Gasteiger partial charge in [-0.15, -0.1) is 0 Å². The van der Waals surface area contributed by atoms with Gasteiger partial charge in [0.1, 0.15) is 5.82 Å². The van der Waals surface area contributed by atoms with Crippen molar-refractivity contribution in [3.63, 3.8) is 0 Å². The van der Waals surface area contributed by atoms with Crippen molar-refractivity contribution in [1.29, 1.82) is 5.41 Å². The molecule has 0 saturated carbocycles. The third kappa shape index (κ3) is 4.33. The predicted molar refractivity (Wildman–Crippen MR) is 107 cm³/mol. The van der Waals surface area contributed by atoms with E-state index in [2.05, 4.69) is 5.32 Å². The van der Waals surface area contributed by atoms with E-state index in [0.29, 0.717) is 23.3 Å². The van der Waals surface area contributed by atoms with Crippen LogP contribution in [0.2, 0.25) is 5.02 Å². The molecule has 158 valence electrons. The van der Waals surface area contributed by atoms with Crippen LogP contribution in [0.4, 0.5) is 17.6 Å². The molecule has 1 heterocycles. The van der Waals surface area contributed by atoms with Gasteiger partial charge in [0, 0.05) is 24.9 Å². The fourth-order valence-corrected chi connectivity index (χ4v) is 3.70. The van der Waals surface area contributed by atoms with Crippen molar-refractivity contribution in [2.75, 3.05) is 20.1 Å². The highest BCUT2D eigenvalue weighted by atomic mass is 35.5. The number of nitrogens with one attached hydrogen (secondary N) is 2. The summed E-state index contributed by atoms with van der Waals surface area (Å²) in [7, 11) is 1.68. The van der Waals surface area contributed by atoms with Gasteiger partial charge in [0.25, 0.3) is 5.91 Å². The molecule has 2 aromatic rings. The topological polar surface area (TPSA) is 56.2 Å². The zero-order chi connectivity index (χ0) is 22.1. The summed E-state index contributed by atoms with van der Waals surface area (Å²) < 4.78 is 52.4. The molecule has 0 aliphatic carbocycles. The molecular weight excluding hydrogens is 422 g/mol. The molecule has 9 heteroatoms. The lowest BCUT2D eigenvalue weighted by atomic mass is 9.95. The van der Waals surface area contributed by atoms with Crippen molar-refractivity contribution in [2.45, 2.75) is 12.6 Å². The molecular formula is C21H18ClF4N3O. The maximum Gasteiger partial charge on any atom is 0.417 e. The quantitative estimate of drug-likeness (QED) is 0.662. The first kappa shape index (κ1) is 21.8. The van der Waals surface area contributed by atoms with Crippen LogP contribution in [0.25, 0.3) is 5.70 Å². The molecule has 1 saturated heterocycles. The summed E-state index contributed by atoms with van der Waals surface area (Å²) in [6, 6.07) is 8.99. The Morgan fingerprint density at radius 3 is 2.40 bits per heavy atom. The molecule has 0 spiro atoms. The van der Waals surface area contributed by atoms with E-state index in [9.17, 15) is 22.4 Å². The number of halogens is 5. The zero-order valence-corrected chi connectivity index (χ0v) is 16.7. The minimum absolute atomic E-state index is 0.0763. The highest BCUT2D eigenvalue weighted by Gasteiger charge is 2.36. The summed E-state index contributed by atoms with van der Waals surface area (Å²) in [6.45, 7) is 0.128. The number of hydrogen-bond acceptors (Lipinski definition) is 3. The minimum Gasteiger partial charge on any atom is -0.387 e. The monoisotopic (exact) mass is 439 g/mol. The molecule has 0 unspecified atom stereocenters. The van der Waals surface area contributed by atoms with Gasteiger partial charge >= 0.3 is 6.18 Å². The fourth-order valence-electron chi connectivity index (χ4n) is 3.38. The van der Waals surface area contributed by atoms with Crippen LogP contribution in [-0.4, -0.2) is 36.7 Å².